The van der Waals surface area contributed by atoms with E-state index in [2.05, 4.69) is 5.10 Å². The molecular weight excluding hydrogens is 279 g/mol. The van der Waals surface area contributed by atoms with E-state index in [0.717, 1.165) is 11.3 Å². The Labute approximate surface area is 122 Å². The standard InChI is InChI=1S/C15H16ClFN2O/c1-4-12-15(16)13(19(3)18-12)8-14(20)11-7-10(17)6-5-9(11)2/h5-7H,4,8H2,1-3H3. The number of Topliss-reactive ketones (excluding diaryl/α,β-unsaturated/α-hetero) is 1. The van der Waals surface area contributed by atoms with Gasteiger partial charge in [-0.3, -0.25) is 9.48 Å². The van der Waals surface area contributed by atoms with Gasteiger partial charge in [-0.15, -0.1) is 0 Å². The zero-order valence-corrected chi connectivity index (χ0v) is 12.5. The van der Waals surface area contributed by atoms with Gasteiger partial charge in [0.2, 0.25) is 0 Å². The molecule has 0 aliphatic carbocycles. The molecule has 0 saturated heterocycles. The molecule has 3 nitrogen and oxygen atoms in total. The largest absolute Gasteiger partial charge is 0.294 e. The van der Waals surface area contributed by atoms with Crippen molar-refractivity contribution >= 4 is 17.4 Å². The molecule has 1 aromatic heterocycles. The zero-order valence-electron chi connectivity index (χ0n) is 11.7. The number of hydrogen-bond acceptors (Lipinski definition) is 2. The third-order valence-corrected chi connectivity index (χ3v) is 3.77. The van der Waals surface area contributed by atoms with Crippen molar-refractivity contribution in [3.63, 3.8) is 0 Å². The maximum Gasteiger partial charge on any atom is 0.169 e. The predicted molar refractivity (Wildman–Crippen MR) is 76.8 cm³/mol. The Morgan fingerprint density at radius 1 is 1.45 bits per heavy atom. The van der Waals surface area contributed by atoms with Gasteiger partial charge in [-0.05, 0) is 31.0 Å². The first-order valence-corrected chi connectivity index (χ1v) is 6.81. The van der Waals surface area contributed by atoms with Gasteiger partial charge in [0.15, 0.2) is 5.78 Å². The Balaban J connectivity index is 2.33. The van der Waals surface area contributed by atoms with E-state index in [1.807, 2.05) is 6.92 Å². The average molecular weight is 295 g/mol. The maximum atomic E-state index is 13.3. The van der Waals surface area contributed by atoms with Crippen molar-refractivity contribution in [1.29, 1.82) is 0 Å². The lowest BCUT2D eigenvalue weighted by Gasteiger charge is -2.06. The second-order valence-electron chi connectivity index (χ2n) is 4.74. The first-order valence-electron chi connectivity index (χ1n) is 6.43. The van der Waals surface area contributed by atoms with E-state index in [-0.39, 0.29) is 12.2 Å². The number of carbonyl (C=O) groups excluding carboxylic acids is 1. The normalized spacial score (nSPS) is 10.8. The third kappa shape index (κ3) is 2.75. The van der Waals surface area contributed by atoms with Gasteiger partial charge < -0.3 is 0 Å². The lowest BCUT2D eigenvalue weighted by molar-refractivity contribution is 0.0989. The van der Waals surface area contributed by atoms with Crippen molar-refractivity contribution in [2.75, 3.05) is 0 Å². The molecule has 1 aromatic carbocycles. The van der Waals surface area contributed by atoms with Gasteiger partial charge in [0.1, 0.15) is 5.82 Å². The minimum absolute atomic E-state index is 0.118. The summed E-state index contributed by atoms with van der Waals surface area (Å²) in [5, 5.41) is 4.80. The molecule has 0 spiro atoms. The summed E-state index contributed by atoms with van der Waals surface area (Å²) in [6.45, 7) is 3.74. The number of aromatic nitrogens is 2. The minimum Gasteiger partial charge on any atom is -0.294 e. The Morgan fingerprint density at radius 3 is 2.75 bits per heavy atom. The van der Waals surface area contributed by atoms with Gasteiger partial charge in [-0.25, -0.2) is 4.39 Å². The van der Waals surface area contributed by atoms with Crippen LogP contribution in [0.25, 0.3) is 0 Å². The summed E-state index contributed by atoms with van der Waals surface area (Å²) < 4.78 is 14.9. The highest BCUT2D eigenvalue weighted by Crippen LogP contribution is 2.23. The van der Waals surface area contributed by atoms with Gasteiger partial charge >= 0.3 is 0 Å². The monoisotopic (exact) mass is 294 g/mol. The number of carbonyl (C=O) groups is 1. The second kappa shape index (κ2) is 5.75. The molecule has 0 fully saturated rings. The van der Waals surface area contributed by atoms with Gasteiger partial charge in [-0.2, -0.15) is 5.10 Å². The number of hydrogen-bond donors (Lipinski definition) is 0. The molecule has 0 saturated carbocycles. The van der Waals surface area contributed by atoms with E-state index in [1.165, 1.54) is 12.1 Å². The first kappa shape index (κ1) is 14.7. The molecule has 106 valence electrons. The van der Waals surface area contributed by atoms with E-state index >= 15 is 0 Å². The highest BCUT2D eigenvalue weighted by atomic mass is 35.5. The van der Waals surface area contributed by atoms with Crippen LogP contribution in [0.2, 0.25) is 5.02 Å². The summed E-state index contributed by atoms with van der Waals surface area (Å²) in [6.07, 6.45) is 0.826. The van der Waals surface area contributed by atoms with Crippen LogP contribution in [0.1, 0.15) is 34.2 Å². The van der Waals surface area contributed by atoms with E-state index in [1.54, 1.807) is 24.7 Å². The number of benzene rings is 1. The van der Waals surface area contributed by atoms with Crippen molar-refractivity contribution in [1.82, 2.24) is 9.78 Å². The Hall–Kier alpha value is -1.68. The number of ketones is 1. The van der Waals surface area contributed by atoms with Gasteiger partial charge in [-0.1, -0.05) is 24.6 Å². The van der Waals surface area contributed by atoms with E-state index in [4.69, 9.17) is 11.6 Å². The Kier molecular flexibility index (Phi) is 4.23. The molecule has 5 heteroatoms. The van der Waals surface area contributed by atoms with Crippen molar-refractivity contribution < 1.29 is 9.18 Å². The summed E-state index contributed by atoms with van der Waals surface area (Å²) in [5.74, 6) is -0.571. The molecule has 0 aliphatic heterocycles. The summed E-state index contributed by atoms with van der Waals surface area (Å²) in [7, 11) is 1.76. The van der Waals surface area contributed by atoms with Gasteiger partial charge in [0.25, 0.3) is 0 Å². The van der Waals surface area contributed by atoms with E-state index in [0.29, 0.717) is 22.7 Å². The van der Waals surface area contributed by atoms with E-state index in [9.17, 15) is 9.18 Å². The molecule has 0 atom stereocenters. The maximum absolute atomic E-state index is 13.3. The van der Waals surface area contributed by atoms with Gasteiger partial charge in [0, 0.05) is 12.6 Å². The van der Waals surface area contributed by atoms with Crippen LogP contribution in [0.3, 0.4) is 0 Å². The number of halogens is 2. The molecule has 0 amide bonds. The van der Waals surface area contributed by atoms with Crippen LogP contribution in [0.15, 0.2) is 18.2 Å². The van der Waals surface area contributed by atoms with Crippen LogP contribution in [-0.4, -0.2) is 15.6 Å². The lowest BCUT2D eigenvalue weighted by atomic mass is 10.0. The summed E-state index contributed by atoms with van der Waals surface area (Å²) in [6, 6.07) is 4.21. The van der Waals surface area contributed by atoms with Crippen LogP contribution in [0.5, 0.6) is 0 Å². The van der Waals surface area contributed by atoms with Crippen LogP contribution in [-0.2, 0) is 19.9 Å². The van der Waals surface area contributed by atoms with Gasteiger partial charge in [0.05, 0.1) is 22.8 Å². The summed E-state index contributed by atoms with van der Waals surface area (Å²) >= 11 is 6.22. The quantitative estimate of drug-likeness (QED) is 0.809. The topological polar surface area (TPSA) is 34.9 Å². The van der Waals surface area contributed by atoms with Crippen molar-refractivity contribution in [2.24, 2.45) is 7.05 Å². The first-order chi connectivity index (χ1) is 9.43. The lowest BCUT2D eigenvalue weighted by Crippen LogP contribution is -2.10. The summed E-state index contributed by atoms with van der Waals surface area (Å²) in [5.41, 5.74) is 2.58. The number of nitrogens with zero attached hydrogens (tertiary/aromatic N) is 2. The highest BCUT2D eigenvalue weighted by Gasteiger charge is 2.18. The molecule has 2 rings (SSSR count). The Morgan fingerprint density at radius 2 is 2.15 bits per heavy atom. The number of aryl methyl sites for hydroxylation is 3. The van der Waals surface area contributed by atoms with Crippen molar-refractivity contribution in [3.8, 4) is 0 Å². The van der Waals surface area contributed by atoms with Crippen molar-refractivity contribution in [3.05, 3.63) is 51.6 Å². The van der Waals surface area contributed by atoms with Crippen molar-refractivity contribution in [2.45, 2.75) is 26.7 Å². The summed E-state index contributed by atoms with van der Waals surface area (Å²) in [4.78, 5) is 12.3. The minimum atomic E-state index is -0.413. The Bertz CT molecular complexity index is 664. The molecule has 0 aliphatic rings. The highest BCUT2D eigenvalue weighted by molar-refractivity contribution is 6.32. The fourth-order valence-corrected chi connectivity index (χ4v) is 2.51. The predicted octanol–water partition coefficient (Wildman–Crippen LogP) is 3.51. The fraction of sp³-hybridized carbons (Fsp3) is 0.333. The third-order valence-electron chi connectivity index (χ3n) is 3.33. The molecule has 1 heterocycles. The average Bonchev–Trinajstić information content (AvgIpc) is 2.68. The molecule has 20 heavy (non-hydrogen) atoms. The molecule has 2 aromatic rings. The second-order valence-corrected chi connectivity index (χ2v) is 5.12. The fourth-order valence-electron chi connectivity index (χ4n) is 2.15. The smallest absolute Gasteiger partial charge is 0.169 e. The van der Waals surface area contributed by atoms with E-state index < -0.39 is 5.82 Å². The van der Waals surface area contributed by atoms with Crippen LogP contribution >= 0.6 is 11.6 Å². The van der Waals surface area contributed by atoms with Crippen LogP contribution in [0.4, 0.5) is 4.39 Å². The molecule has 0 radical (unpaired) electrons. The van der Waals surface area contributed by atoms with Crippen LogP contribution in [0, 0.1) is 12.7 Å². The van der Waals surface area contributed by atoms with Crippen LogP contribution < -0.4 is 0 Å². The molecular formula is C15H16ClFN2O. The molecule has 0 N–H and O–H groups in total. The molecule has 0 bridgehead atoms. The SMILES string of the molecule is CCc1nn(C)c(CC(=O)c2cc(F)ccc2C)c1Cl. The molecule has 0 unspecified atom stereocenters. The zero-order chi connectivity index (χ0) is 14.9. The number of rotatable bonds is 4.